The van der Waals surface area contributed by atoms with Crippen molar-refractivity contribution in [2.24, 2.45) is 4.99 Å². The van der Waals surface area contributed by atoms with Crippen molar-refractivity contribution < 1.29 is 4.79 Å². The van der Waals surface area contributed by atoms with Gasteiger partial charge in [-0.25, -0.2) is 4.99 Å². The number of guanidine groups is 1. The van der Waals surface area contributed by atoms with E-state index in [4.69, 9.17) is 0 Å². The molecule has 1 aliphatic heterocycles. The van der Waals surface area contributed by atoms with Gasteiger partial charge < -0.3 is 25.3 Å². The van der Waals surface area contributed by atoms with Crippen LogP contribution in [-0.2, 0) is 4.79 Å². The number of rotatable bonds is 11. The molecule has 1 amide bonds. The maximum atomic E-state index is 12.0. The molecular weight excluding hydrogens is 515 g/mol. The number of nitrogens with zero attached hydrogens (tertiary/aromatic N) is 4. The van der Waals surface area contributed by atoms with Crippen molar-refractivity contribution in [3.05, 3.63) is 30.3 Å². The summed E-state index contributed by atoms with van der Waals surface area (Å²) in [5.74, 6) is 0.767. The first-order valence-corrected chi connectivity index (χ1v) is 11.7. The molecule has 1 aliphatic rings. The number of halogens is 1. The standard InChI is InChI=1S/C24H42N6O.HI/c1-5-6-17-30-18-13-21(14-19-30)27-24(26-20-23(31)28(2)3)25-15-10-16-29(4)22-11-8-7-9-12-22;/h7-9,11-12,21H,5-6,10,13-20H2,1-4H3,(H2,25,26,27);1H. The van der Waals surface area contributed by atoms with Gasteiger partial charge in [0.1, 0.15) is 6.54 Å². The second-order valence-electron chi connectivity index (χ2n) is 8.60. The lowest BCUT2D eigenvalue weighted by atomic mass is 10.0. The largest absolute Gasteiger partial charge is 0.375 e. The van der Waals surface area contributed by atoms with E-state index in [-0.39, 0.29) is 36.4 Å². The average molecular weight is 559 g/mol. The Morgan fingerprint density at radius 3 is 2.44 bits per heavy atom. The van der Waals surface area contributed by atoms with Gasteiger partial charge in [-0.15, -0.1) is 24.0 Å². The molecule has 0 atom stereocenters. The van der Waals surface area contributed by atoms with Crippen molar-refractivity contribution in [1.29, 1.82) is 0 Å². The number of likely N-dealkylation sites (N-methyl/N-ethyl adjacent to an activating group) is 1. The molecule has 0 aromatic heterocycles. The highest BCUT2D eigenvalue weighted by Crippen LogP contribution is 2.12. The Morgan fingerprint density at radius 2 is 1.81 bits per heavy atom. The van der Waals surface area contributed by atoms with Crippen LogP contribution in [0.15, 0.2) is 35.3 Å². The fraction of sp³-hybridized carbons (Fsp3) is 0.667. The lowest BCUT2D eigenvalue weighted by Crippen LogP contribution is -2.49. The zero-order valence-corrected chi connectivity index (χ0v) is 22.7. The number of carbonyl (C=O) groups excluding carboxylic acids is 1. The van der Waals surface area contributed by atoms with Gasteiger partial charge in [-0.2, -0.15) is 0 Å². The SMILES string of the molecule is CCCCN1CCC(NC(=NCC(=O)N(C)C)NCCCN(C)c2ccccc2)CC1.I. The lowest BCUT2D eigenvalue weighted by molar-refractivity contribution is -0.127. The van der Waals surface area contributed by atoms with E-state index in [1.165, 1.54) is 25.1 Å². The minimum absolute atomic E-state index is 0. The number of unbranched alkanes of at least 4 members (excludes halogenated alkanes) is 1. The summed E-state index contributed by atoms with van der Waals surface area (Å²) in [4.78, 5) is 23.0. The van der Waals surface area contributed by atoms with Crippen LogP contribution < -0.4 is 15.5 Å². The molecule has 1 aromatic rings. The van der Waals surface area contributed by atoms with Crippen molar-refractivity contribution in [3.63, 3.8) is 0 Å². The Hall–Kier alpha value is -1.55. The summed E-state index contributed by atoms with van der Waals surface area (Å²) in [6.45, 7) is 7.64. The number of aliphatic imine (C=N–C) groups is 1. The monoisotopic (exact) mass is 558 g/mol. The molecule has 0 aliphatic carbocycles. The van der Waals surface area contributed by atoms with Crippen LogP contribution in [-0.4, -0.2) is 88.1 Å². The van der Waals surface area contributed by atoms with Crippen LogP contribution in [0.1, 0.15) is 39.0 Å². The van der Waals surface area contributed by atoms with Gasteiger partial charge in [0.05, 0.1) is 0 Å². The second-order valence-corrected chi connectivity index (χ2v) is 8.60. The molecule has 0 bridgehead atoms. The number of likely N-dealkylation sites (tertiary alicyclic amines) is 1. The molecule has 0 spiro atoms. The molecular formula is C24H43IN6O. The van der Waals surface area contributed by atoms with Crippen molar-refractivity contribution in [3.8, 4) is 0 Å². The summed E-state index contributed by atoms with van der Waals surface area (Å²) < 4.78 is 0. The number of hydrogen-bond acceptors (Lipinski definition) is 4. The first-order chi connectivity index (χ1) is 15.0. The molecule has 0 unspecified atom stereocenters. The fourth-order valence-corrected chi connectivity index (χ4v) is 3.65. The highest BCUT2D eigenvalue weighted by atomic mass is 127. The molecule has 8 heteroatoms. The van der Waals surface area contributed by atoms with Gasteiger partial charge in [-0.3, -0.25) is 4.79 Å². The zero-order valence-electron chi connectivity index (χ0n) is 20.3. The van der Waals surface area contributed by atoms with Crippen LogP contribution in [0, 0.1) is 0 Å². The van der Waals surface area contributed by atoms with E-state index in [2.05, 4.69) is 63.7 Å². The first-order valence-electron chi connectivity index (χ1n) is 11.7. The van der Waals surface area contributed by atoms with E-state index >= 15 is 0 Å². The average Bonchev–Trinajstić information content (AvgIpc) is 2.79. The third-order valence-corrected chi connectivity index (χ3v) is 5.79. The molecule has 182 valence electrons. The molecule has 2 rings (SSSR count). The zero-order chi connectivity index (χ0) is 22.5. The number of carbonyl (C=O) groups is 1. The van der Waals surface area contributed by atoms with Crippen LogP contribution >= 0.6 is 24.0 Å². The van der Waals surface area contributed by atoms with Gasteiger partial charge in [0.15, 0.2) is 5.96 Å². The van der Waals surface area contributed by atoms with Crippen molar-refractivity contribution in [1.82, 2.24) is 20.4 Å². The minimum atomic E-state index is 0. The number of para-hydroxylation sites is 1. The summed E-state index contributed by atoms with van der Waals surface area (Å²) >= 11 is 0. The third-order valence-electron chi connectivity index (χ3n) is 5.79. The van der Waals surface area contributed by atoms with Crippen LogP contribution in [0.2, 0.25) is 0 Å². The molecule has 1 saturated heterocycles. The number of benzene rings is 1. The van der Waals surface area contributed by atoms with Crippen molar-refractivity contribution >= 4 is 41.5 Å². The van der Waals surface area contributed by atoms with E-state index in [0.717, 1.165) is 51.4 Å². The van der Waals surface area contributed by atoms with Gasteiger partial charge in [-0.1, -0.05) is 31.5 Å². The molecule has 1 aromatic carbocycles. The predicted molar refractivity (Wildman–Crippen MR) is 146 cm³/mol. The molecule has 1 heterocycles. The van der Waals surface area contributed by atoms with Gasteiger partial charge in [0, 0.05) is 59.1 Å². The Kier molecular flexibility index (Phi) is 14.4. The van der Waals surface area contributed by atoms with Crippen LogP contribution in [0.25, 0.3) is 0 Å². The van der Waals surface area contributed by atoms with E-state index in [0.29, 0.717) is 6.04 Å². The molecule has 7 nitrogen and oxygen atoms in total. The van der Waals surface area contributed by atoms with Crippen molar-refractivity contribution in [2.75, 3.05) is 65.3 Å². The Labute approximate surface area is 212 Å². The Morgan fingerprint density at radius 1 is 1.12 bits per heavy atom. The third kappa shape index (κ3) is 10.8. The quantitative estimate of drug-likeness (QED) is 0.189. The number of nitrogens with one attached hydrogen (secondary N) is 2. The molecule has 0 saturated carbocycles. The lowest BCUT2D eigenvalue weighted by Gasteiger charge is -2.33. The maximum Gasteiger partial charge on any atom is 0.243 e. The summed E-state index contributed by atoms with van der Waals surface area (Å²) in [6.07, 6.45) is 5.74. The van der Waals surface area contributed by atoms with Crippen LogP contribution in [0.3, 0.4) is 0 Å². The summed E-state index contributed by atoms with van der Waals surface area (Å²) in [7, 11) is 5.65. The number of piperidine rings is 1. The summed E-state index contributed by atoms with van der Waals surface area (Å²) in [6, 6.07) is 10.8. The molecule has 2 N–H and O–H groups in total. The molecule has 1 fully saturated rings. The Bertz CT molecular complexity index is 662. The highest BCUT2D eigenvalue weighted by molar-refractivity contribution is 14.0. The van der Waals surface area contributed by atoms with Gasteiger partial charge in [0.2, 0.25) is 5.91 Å². The predicted octanol–water partition coefficient (Wildman–Crippen LogP) is 3.02. The first kappa shape index (κ1) is 28.5. The highest BCUT2D eigenvalue weighted by Gasteiger charge is 2.19. The van der Waals surface area contributed by atoms with E-state index in [9.17, 15) is 4.79 Å². The van der Waals surface area contributed by atoms with Gasteiger partial charge in [0.25, 0.3) is 0 Å². The van der Waals surface area contributed by atoms with Crippen LogP contribution in [0.4, 0.5) is 5.69 Å². The van der Waals surface area contributed by atoms with Crippen molar-refractivity contribution in [2.45, 2.75) is 45.1 Å². The normalized spacial score (nSPS) is 15.1. The molecule has 32 heavy (non-hydrogen) atoms. The summed E-state index contributed by atoms with van der Waals surface area (Å²) in [5.41, 5.74) is 1.22. The van der Waals surface area contributed by atoms with E-state index in [1.54, 1.807) is 19.0 Å². The van der Waals surface area contributed by atoms with Crippen LogP contribution in [0.5, 0.6) is 0 Å². The minimum Gasteiger partial charge on any atom is -0.375 e. The van der Waals surface area contributed by atoms with E-state index < -0.39 is 0 Å². The number of anilines is 1. The smallest absolute Gasteiger partial charge is 0.243 e. The second kappa shape index (κ2) is 16.1. The topological polar surface area (TPSA) is 63.2 Å². The van der Waals surface area contributed by atoms with Gasteiger partial charge in [-0.05, 0) is 44.4 Å². The van der Waals surface area contributed by atoms with E-state index in [1.807, 2.05) is 6.07 Å². The summed E-state index contributed by atoms with van der Waals surface area (Å²) in [5, 5.41) is 7.02. The number of amides is 1. The van der Waals surface area contributed by atoms with Gasteiger partial charge >= 0.3 is 0 Å². The maximum absolute atomic E-state index is 12.0. The molecule has 0 radical (unpaired) electrons. The number of hydrogen-bond donors (Lipinski definition) is 2. The Balaban J connectivity index is 0.00000512. The fourth-order valence-electron chi connectivity index (χ4n) is 3.65.